The molecule has 3 rings (SSSR count). The molecule has 1 amide bonds. The fourth-order valence-corrected chi connectivity index (χ4v) is 3.32. The summed E-state index contributed by atoms with van der Waals surface area (Å²) in [6.45, 7) is 10.1. The normalized spacial score (nSPS) is 18.3. The zero-order valence-corrected chi connectivity index (χ0v) is 16.0. The lowest BCUT2D eigenvalue weighted by Gasteiger charge is -2.32. The van der Waals surface area contributed by atoms with Gasteiger partial charge in [0.1, 0.15) is 5.39 Å². The smallest absolute Gasteiger partial charge is 0.263 e. The van der Waals surface area contributed by atoms with Gasteiger partial charge in [-0.1, -0.05) is 6.92 Å². The van der Waals surface area contributed by atoms with Crippen molar-refractivity contribution in [3.8, 4) is 0 Å². The van der Waals surface area contributed by atoms with E-state index in [1.54, 1.807) is 10.9 Å². The van der Waals surface area contributed by atoms with Crippen LogP contribution in [0.4, 0.5) is 5.95 Å². The van der Waals surface area contributed by atoms with Crippen LogP contribution in [0.2, 0.25) is 0 Å². The second-order valence-corrected chi connectivity index (χ2v) is 7.93. The van der Waals surface area contributed by atoms with Crippen molar-refractivity contribution >= 4 is 22.9 Å². The van der Waals surface area contributed by atoms with Crippen LogP contribution in [-0.2, 0) is 10.3 Å². The molecular weight excluding hydrogens is 332 g/mol. The van der Waals surface area contributed by atoms with Crippen LogP contribution in [0.25, 0.3) is 11.0 Å². The number of H-pyrrole nitrogens is 1. The first-order chi connectivity index (χ1) is 12.3. The van der Waals surface area contributed by atoms with Crippen molar-refractivity contribution in [1.29, 1.82) is 0 Å². The number of rotatable bonds is 4. The van der Waals surface area contributed by atoms with E-state index in [-0.39, 0.29) is 22.9 Å². The molecule has 1 saturated heterocycles. The van der Waals surface area contributed by atoms with Gasteiger partial charge in [0.15, 0.2) is 5.65 Å². The monoisotopic (exact) mass is 360 g/mol. The maximum absolute atomic E-state index is 12.5. The van der Waals surface area contributed by atoms with Gasteiger partial charge in [-0.15, -0.1) is 0 Å². The van der Waals surface area contributed by atoms with Crippen LogP contribution in [0.5, 0.6) is 0 Å². The van der Waals surface area contributed by atoms with Crippen molar-refractivity contribution in [2.45, 2.75) is 52.5 Å². The highest BCUT2D eigenvalue weighted by atomic mass is 16.2. The predicted molar refractivity (Wildman–Crippen MR) is 101 cm³/mol. The molecule has 1 fully saturated rings. The van der Waals surface area contributed by atoms with E-state index >= 15 is 0 Å². The Balaban J connectivity index is 1.90. The van der Waals surface area contributed by atoms with Crippen LogP contribution >= 0.6 is 0 Å². The van der Waals surface area contributed by atoms with Crippen molar-refractivity contribution in [1.82, 2.24) is 25.1 Å². The number of anilines is 1. The Hall–Kier alpha value is -2.38. The van der Waals surface area contributed by atoms with Crippen LogP contribution in [0.15, 0.2) is 11.0 Å². The summed E-state index contributed by atoms with van der Waals surface area (Å²) in [5.41, 5.74) is 0.108. The molecule has 26 heavy (non-hydrogen) atoms. The molecule has 2 aromatic heterocycles. The number of carbonyl (C=O) groups excluding carboxylic acids is 1. The molecule has 0 aromatic carbocycles. The molecular formula is C18H28N6O2. The van der Waals surface area contributed by atoms with Gasteiger partial charge in [0.2, 0.25) is 11.9 Å². The van der Waals surface area contributed by atoms with E-state index in [9.17, 15) is 9.59 Å². The molecule has 0 saturated carbocycles. The Bertz CT molecular complexity index is 847. The third kappa shape index (κ3) is 3.59. The van der Waals surface area contributed by atoms with Gasteiger partial charge >= 0.3 is 0 Å². The SMILES string of the molecule is CCCNC(=O)C1CCCN(c2nc3c(cnn3C(C)(C)C)c(=O)[nH]2)C1. The fourth-order valence-electron chi connectivity index (χ4n) is 3.32. The van der Waals surface area contributed by atoms with Gasteiger partial charge in [0.05, 0.1) is 17.7 Å². The van der Waals surface area contributed by atoms with E-state index in [2.05, 4.69) is 20.4 Å². The summed E-state index contributed by atoms with van der Waals surface area (Å²) >= 11 is 0. The molecule has 0 spiro atoms. The highest BCUT2D eigenvalue weighted by Gasteiger charge is 2.28. The van der Waals surface area contributed by atoms with E-state index < -0.39 is 0 Å². The molecule has 1 atom stereocenters. The predicted octanol–water partition coefficient (Wildman–Crippen LogP) is 1.62. The van der Waals surface area contributed by atoms with Crippen LogP contribution in [0, 0.1) is 5.92 Å². The average Bonchev–Trinajstić information content (AvgIpc) is 3.04. The van der Waals surface area contributed by atoms with Gasteiger partial charge in [-0.3, -0.25) is 14.6 Å². The van der Waals surface area contributed by atoms with Gasteiger partial charge < -0.3 is 10.2 Å². The molecule has 8 nitrogen and oxygen atoms in total. The molecule has 1 unspecified atom stereocenters. The molecule has 142 valence electrons. The number of hydrogen-bond donors (Lipinski definition) is 2. The number of hydrogen-bond acceptors (Lipinski definition) is 5. The fraction of sp³-hybridized carbons (Fsp3) is 0.667. The van der Waals surface area contributed by atoms with Gasteiger partial charge in [-0.05, 0) is 40.0 Å². The minimum absolute atomic E-state index is 0.0798. The third-order valence-electron chi connectivity index (χ3n) is 4.70. The molecule has 8 heteroatoms. The number of aromatic nitrogens is 4. The largest absolute Gasteiger partial charge is 0.356 e. The van der Waals surface area contributed by atoms with Crippen molar-refractivity contribution in [2.75, 3.05) is 24.5 Å². The number of aromatic amines is 1. The summed E-state index contributed by atoms with van der Waals surface area (Å²) in [5, 5.41) is 7.79. The second kappa shape index (κ2) is 7.09. The van der Waals surface area contributed by atoms with Crippen LogP contribution in [0.3, 0.4) is 0 Å². The Kier molecular flexibility index (Phi) is 5.02. The molecule has 0 bridgehead atoms. The number of fused-ring (bicyclic) bond motifs is 1. The number of carbonyl (C=O) groups is 1. The minimum atomic E-state index is -0.274. The quantitative estimate of drug-likeness (QED) is 0.864. The van der Waals surface area contributed by atoms with Crippen molar-refractivity contribution in [3.63, 3.8) is 0 Å². The molecule has 1 aliphatic rings. The van der Waals surface area contributed by atoms with Crippen molar-refractivity contribution in [2.24, 2.45) is 5.92 Å². The summed E-state index contributed by atoms with van der Waals surface area (Å²) in [7, 11) is 0. The maximum Gasteiger partial charge on any atom is 0.263 e. The summed E-state index contributed by atoms with van der Waals surface area (Å²) in [6.07, 6.45) is 4.24. The first-order valence-electron chi connectivity index (χ1n) is 9.32. The van der Waals surface area contributed by atoms with Gasteiger partial charge in [-0.2, -0.15) is 10.1 Å². The first-order valence-corrected chi connectivity index (χ1v) is 9.32. The Labute approximate surface area is 153 Å². The molecule has 0 aliphatic carbocycles. The number of amides is 1. The Morgan fingerprint density at radius 3 is 2.88 bits per heavy atom. The van der Waals surface area contributed by atoms with Crippen LogP contribution in [-0.4, -0.2) is 45.3 Å². The topological polar surface area (TPSA) is 95.9 Å². The number of piperidine rings is 1. The molecule has 1 aliphatic heterocycles. The lowest BCUT2D eigenvalue weighted by Crippen LogP contribution is -2.44. The summed E-state index contributed by atoms with van der Waals surface area (Å²) in [5.74, 6) is 0.519. The summed E-state index contributed by atoms with van der Waals surface area (Å²) in [6, 6.07) is 0. The average molecular weight is 360 g/mol. The van der Waals surface area contributed by atoms with Gasteiger partial charge in [0.25, 0.3) is 5.56 Å². The zero-order chi connectivity index (χ0) is 18.9. The third-order valence-corrected chi connectivity index (χ3v) is 4.70. The molecule has 3 heterocycles. The van der Waals surface area contributed by atoms with Crippen molar-refractivity contribution in [3.05, 3.63) is 16.6 Å². The lowest BCUT2D eigenvalue weighted by molar-refractivity contribution is -0.125. The van der Waals surface area contributed by atoms with E-state index in [1.807, 2.05) is 32.6 Å². The zero-order valence-electron chi connectivity index (χ0n) is 16.0. The van der Waals surface area contributed by atoms with E-state index in [4.69, 9.17) is 0 Å². The number of nitrogens with zero attached hydrogens (tertiary/aromatic N) is 4. The Morgan fingerprint density at radius 2 is 2.19 bits per heavy atom. The van der Waals surface area contributed by atoms with E-state index in [0.29, 0.717) is 30.1 Å². The molecule has 0 radical (unpaired) electrons. The second-order valence-electron chi connectivity index (χ2n) is 7.93. The highest BCUT2D eigenvalue weighted by Crippen LogP contribution is 2.23. The standard InChI is InChI=1S/C18H28N6O2/c1-5-8-19-15(25)12-7-6-9-23(11-12)17-21-14-13(16(26)22-17)10-20-24(14)18(2,3)4/h10,12H,5-9,11H2,1-4H3,(H,19,25)(H,21,22,26). The maximum atomic E-state index is 12.5. The minimum Gasteiger partial charge on any atom is -0.356 e. The highest BCUT2D eigenvalue weighted by molar-refractivity contribution is 5.79. The van der Waals surface area contributed by atoms with E-state index in [1.165, 1.54) is 0 Å². The molecule has 2 N–H and O–H groups in total. The van der Waals surface area contributed by atoms with Crippen LogP contribution in [0.1, 0.15) is 47.0 Å². The van der Waals surface area contributed by atoms with Gasteiger partial charge in [-0.25, -0.2) is 4.68 Å². The Morgan fingerprint density at radius 1 is 1.42 bits per heavy atom. The summed E-state index contributed by atoms with van der Waals surface area (Å²) < 4.78 is 1.77. The molecule has 2 aromatic rings. The van der Waals surface area contributed by atoms with Crippen molar-refractivity contribution < 1.29 is 4.79 Å². The summed E-state index contributed by atoms with van der Waals surface area (Å²) in [4.78, 5) is 34.3. The lowest BCUT2D eigenvalue weighted by atomic mass is 9.97. The van der Waals surface area contributed by atoms with E-state index in [0.717, 1.165) is 25.8 Å². The number of nitrogens with one attached hydrogen (secondary N) is 2. The first kappa shape index (κ1) is 18.4. The van der Waals surface area contributed by atoms with Gasteiger partial charge in [0, 0.05) is 19.6 Å². The van der Waals surface area contributed by atoms with Crippen LogP contribution < -0.4 is 15.8 Å².